The first-order valence-electron chi connectivity index (χ1n) is 5.43. The van der Waals surface area contributed by atoms with Gasteiger partial charge in [0.15, 0.2) is 5.16 Å². The maximum absolute atomic E-state index is 5.73. The molecule has 3 rings (SSSR count). The molecule has 2 heterocycles. The van der Waals surface area contributed by atoms with Gasteiger partial charge in [0, 0.05) is 18.1 Å². The van der Waals surface area contributed by atoms with Gasteiger partial charge < -0.3 is 10.7 Å². The fraction of sp³-hybridized carbons (Fsp3) is 0.0833. The van der Waals surface area contributed by atoms with Crippen molar-refractivity contribution >= 4 is 28.5 Å². The Morgan fingerprint density at radius 1 is 1.22 bits per heavy atom. The van der Waals surface area contributed by atoms with Gasteiger partial charge in [-0.25, -0.2) is 9.97 Å². The average molecular weight is 257 g/mol. The molecule has 0 aliphatic heterocycles. The molecule has 90 valence electrons. The van der Waals surface area contributed by atoms with Crippen molar-refractivity contribution in [2.24, 2.45) is 0 Å². The molecule has 0 aliphatic rings. The third-order valence-electron chi connectivity index (χ3n) is 2.51. The number of H-pyrrole nitrogens is 1. The van der Waals surface area contributed by atoms with Crippen molar-refractivity contribution in [3.05, 3.63) is 36.3 Å². The molecule has 3 aromatic rings. The van der Waals surface area contributed by atoms with E-state index in [4.69, 9.17) is 5.73 Å². The Balaban J connectivity index is 1.98. The summed E-state index contributed by atoms with van der Waals surface area (Å²) in [5.74, 6) is 0. The van der Waals surface area contributed by atoms with Gasteiger partial charge in [-0.1, -0.05) is 0 Å². The van der Waals surface area contributed by atoms with Gasteiger partial charge in [0.25, 0.3) is 0 Å². The summed E-state index contributed by atoms with van der Waals surface area (Å²) in [4.78, 5) is 16.2. The van der Waals surface area contributed by atoms with Gasteiger partial charge in [-0.2, -0.15) is 0 Å². The van der Waals surface area contributed by atoms with Crippen molar-refractivity contribution in [2.45, 2.75) is 17.1 Å². The van der Waals surface area contributed by atoms with Crippen LogP contribution < -0.4 is 5.73 Å². The van der Waals surface area contributed by atoms with Gasteiger partial charge in [0.1, 0.15) is 5.03 Å². The normalized spacial score (nSPS) is 10.9. The Bertz CT molecular complexity index is 707. The molecular weight excluding hydrogens is 246 g/mol. The van der Waals surface area contributed by atoms with Crippen molar-refractivity contribution in [3.8, 4) is 0 Å². The monoisotopic (exact) mass is 257 g/mol. The van der Waals surface area contributed by atoms with E-state index in [1.54, 1.807) is 12.4 Å². The van der Waals surface area contributed by atoms with Crippen LogP contribution in [0.3, 0.4) is 0 Å². The third-order valence-corrected chi connectivity index (χ3v) is 3.49. The topological polar surface area (TPSA) is 80.5 Å². The van der Waals surface area contributed by atoms with E-state index in [1.807, 2.05) is 25.1 Å². The summed E-state index contributed by atoms with van der Waals surface area (Å²) >= 11 is 1.46. The van der Waals surface area contributed by atoms with Gasteiger partial charge in [-0.3, -0.25) is 4.98 Å². The molecule has 0 unspecified atom stereocenters. The number of nitrogen functional groups attached to an aromatic ring is 1. The number of rotatable bonds is 2. The first-order chi connectivity index (χ1) is 8.72. The van der Waals surface area contributed by atoms with Gasteiger partial charge >= 0.3 is 0 Å². The molecule has 0 radical (unpaired) electrons. The molecule has 6 heteroatoms. The number of aromatic nitrogens is 4. The molecule has 3 N–H and O–H groups in total. The van der Waals surface area contributed by atoms with E-state index in [0.29, 0.717) is 0 Å². The molecule has 5 nitrogen and oxygen atoms in total. The zero-order valence-electron chi connectivity index (χ0n) is 9.71. The molecule has 0 saturated heterocycles. The SMILES string of the molecule is Cc1nccnc1Sc1nc2ccc(N)cc2[nH]1. The quantitative estimate of drug-likeness (QED) is 0.689. The third kappa shape index (κ3) is 2.02. The van der Waals surface area contributed by atoms with Crippen molar-refractivity contribution in [1.29, 1.82) is 0 Å². The van der Waals surface area contributed by atoms with E-state index in [2.05, 4.69) is 19.9 Å². The fourth-order valence-corrected chi connectivity index (χ4v) is 2.44. The zero-order chi connectivity index (χ0) is 12.5. The van der Waals surface area contributed by atoms with Crippen molar-refractivity contribution in [3.63, 3.8) is 0 Å². The summed E-state index contributed by atoms with van der Waals surface area (Å²) in [5, 5.41) is 1.64. The smallest absolute Gasteiger partial charge is 0.172 e. The average Bonchev–Trinajstić information content (AvgIpc) is 2.73. The Labute approximate surface area is 108 Å². The minimum atomic E-state index is 0.721. The summed E-state index contributed by atoms with van der Waals surface area (Å²) in [6.45, 7) is 1.93. The predicted molar refractivity (Wildman–Crippen MR) is 71.4 cm³/mol. The summed E-state index contributed by atoms with van der Waals surface area (Å²) < 4.78 is 0. The first-order valence-corrected chi connectivity index (χ1v) is 6.25. The number of fused-ring (bicyclic) bond motifs is 1. The Kier molecular flexibility index (Phi) is 2.64. The molecule has 0 amide bonds. The first kappa shape index (κ1) is 11.0. The van der Waals surface area contributed by atoms with Crippen LogP contribution in [-0.4, -0.2) is 19.9 Å². The molecule has 0 bridgehead atoms. The lowest BCUT2D eigenvalue weighted by molar-refractivity contribution is 0.973. The molecule has 0 saturated carbocycles. The van der Waals surface area contributed by atoms with E-state index >= 15 is 0 Å². The highest BCUT2D eigenvalue weighted by Crippen LogP contribution is 2.27. The highest BCUT2D eigenvalue weighted by molar-refractivity contribution is 7.99. The molecule has 18 heavy (non-hydrogen) atoms. The molecule has 0 aliphatic carbocycles. The zero-order valence-corrected chi connectivity index (χ0v) is 10.5. The van der Waals surface area contributed by atoms with Gasteiger partial charge in [0.2, 0.25) is 0 Å². The van der Waals surface area contributed by atoms with Crippen molar-refractivity contribution in [2.75, 3.05) is 5.73 Å². The van der Waals surface area contributed by atoms with Crippen LogP contribution in [0.2, 0.25) is 0 Å². The summed E-state index contributed by atoms with van der Waals surface area (Å²) in [7, 11) is 0. The molecule has 0 spiro atoms. The molecule has 0 fully saturated rings. The summed E-state index contributed by atoms with van der Waals surface area (Å²) in [5.41, 5.74) is 9.17. The molecule has 1 aromatic carbocycles. The highest BCUT2D eigenvalue weighted by atomic mass is 32.2. The number of nitrogens with one attached hydrogen (secondary N) is 1. The maximum Gasteiger partial charge on any atom is 0.172 e. The second kappa shape index (κ2) is 4.30. The number of anilines is 1. The molecular formula is C12H11N5S. The lowest BCUT2D eigenvalue weighted by atomic mass is 10.3. The minimum Gasteiger partial charge on any atom is -0.399 e. The van der Waals surface area contributed by atoms with Crippen LogP contribution >= 0.6 is 11.8 Å². The molecule has 2 aromatic heterocycles. The van der Waals surface area contributed by atoms with Crippen LogP contribution in [0, 0.1) is 6.92 Å². The summed E-state index contributed by atoms with van der Waals surface area (Å²) in [6.07, 6.45) is 3.36. The van der Waals surface area contributed by atoms with Crippen LogP contribution in [0.25, 0.3) is 11.0 Å². The minimum absolute atomic E-state index is 0.721. The van der Waals surface area contributed by atoms with Crippen LogP contribution in [0.5, 0.6) is 0 Å². The Hall–Kier alpha value is -2.08. The largest absolute Gasteiger partial charge is 0.399 e. The summed E-state index contributed by atoms with van der Waals surface area (Å²) in [6, 6.07) is 5.61. The van der Waals surface area contributed by atoms with E-state index in [0.717, 1.165) is 32.6 Å². The van der Waals surface area contributed by atoms with Crippen LogP contribution in [0.15, 0.2) is 40.8 Å². The van der Waals surface area contributed by atoms with E-state index in [9.17, 15) is 0 Å². The van der Waals surface area contributed by atoms with Gasteiger partial charge in [-0.05, 0) is 36.9 Å². The Morgan fingerprint density at radius 3 is 2.89 bits per heavy atom. The molecule has 0 atom stereocenters. The van der Waals surface area contributed by atoms with Crippen molar-refractivity contribution < 1.29 is 0 Å². The number of nitrogens with zero attached hydrogens (tertiary/aromatic N) is 3. The number of nitrogens with two attached hydrogens (primary N) is 1. The second-order valence-electron chi connectivity index (χ2n) is 3.87. The second-order valence-corrected chi connectivity index (χ2v) is 4.85. The lowest BCUT2D eigenvalue weighted by Gasteiger charge is -1.99. The van der Waals surface area contributed by atoms with E-state index in [1.165, 1.54) is 11.8 Å². The number of imidazole rings is 1. The Morgan fingerprint density at radius 2 is 2.06 bits per heavy atom. The maximum atomic E-state index is 5.73. The number of aromatic amines is 1. The van der Waals surface area contributed by atoms with Gasteiger partial charge in [-0.15, -0.1) is 0 Å². The standard InChI is InChI=1S/C12H11N5S/c1-7-11(15-5-4-14-7)18-12-16-9-3-2-8(13)6-10(9)17-12/h2-6H,13H2,1H3,(H,16,17). The number of benzene rings is 1. The van der Waals surface area contributed by atoms with Gasteiger partial charge in [0.05, 0.1) is 16.7 Å². The number of aryl methyl sites for hydroxylation is 1. The van der Waals surface area contributed by atoms with Crippen LogP contribution in [0.1, 0.15) is 5.69 Å². The number of hydrogen-bond donors (Lipinski definition) is 2. The van der Waals surface area contributed by atoms with Crippen molar-refractivity contribution in [1.82, 2.24) is 19.9 Å². The number of hydrogen-bond acceptors (Lipinski definition) is 5. The van der Waals surface area contributed by atoms with Crippen LogP contribution in [-0.2, 0) is 0 Å². The predicted octanol–water partition coefficient (Wildman–Crippen LogP) is 2.39. The van der Waals surface area contributed by atoms with E-state index in [-0.39, 0.29) is 0 Å². The highest BCUT2D eigenvalue weighted by Gasteiger charge is 2.08. The van der Waals surface area contributed by atoms with E-state index < -0.39 is 0 Å². The lowest BCUT2D eigenvalue weighted by Crippen LogP contribution is -1.88. The fourth-order valence-electron chi connectivity index (χ4n) is 1.64. The van der Waals surface area contributed by atoms with Crippen LogP contribution in [0.4, 0.5) is 5.69 Å².